The van der Waals surface area contributed by atoms with E-state index in [9.17, 15) is 35.5 Å². The first kappa shape index (κ1) is 40.8. The van der Waals surface area contributed by atoms with E-state index in [1.165, 1.54) is 30.5 Å². The van der Waals surface area contributed by atoms with E-state index in [0.29, 0.717) is 16.9 Å². The van der Waals surface area contributed by atoms with Gasteiger partial charge in [-0.1, -0.05) is 35.4 Å². The number of aromatic nitrogens is 3. The van der Waals surface area contributed by atoms with Crippen LogP contribution in [0.2, 0.25) is 0 Å². The van der Waals surface area contributed by atoms with Crippen LogP contribution in [0.25, 0.3) is 21.8 Å². The Morgan fingerprint density at radius 2 is 1.00 bits per heavy atom. The van der Waals surface area contributed by atoms with Crippen molar-refractivity contribution in [2.75, 3.05) is 10.6 Å². The Hall–Kier alpha value is -6.39. The lowest BCUT2D eigenvalue weighted by Gasteiger charge is -2.08. The maximum absolute atomic E-state index is 12.7. The van der Waals surface area contributed by atoms with Crippen LogP contribution in [0.4, 0.5) is 11.4 Å². The van der Waals surface area contributed by atoms with Gasteiger partial charge < -0.3 is 19.7 Å². The van der Waals surface area contributed by atoms with Gasteiger partial charge in [-0.15, -0.1) is 0 Å². The number of nitrogens with one attached hydrogen (secondary N) is 2. The van der Waals surface area contributed by atoms with Crippen LogP contribution in [-0.4, -0.2) is 42.7 Å². The Balaban J connectivity index is 0.000000222. The highest BCUT2D eigenvalue weighted by atomic mass is 32.2. The zero-order valence-corrected chi connectivity index (χ0v) is 32.3. The van der Waals surface area contributed by atoms with E-state index in [2.05, 4.69) is 15.6 Å². The summed E-state index contributed by atoms with van der Waals surface area (Å²) in [5.41, 5.74) is 5.95. The molecule has 0 saturated heterocycles. The number of nitrogens with zero attached hydrogens (tertiary/aromatic N) is 3. The number of hydrogen-bond donors (Lipinski definition) is 2. The Labute approximate surface area is 324 Å². The molecular weight excluding hydrogens is 755 g/mol. The molecule has 4 aromatic carbocycles. The van der Waals surface area contributed by atoms with Crippen LogP contribution in [0, 0.1) is 13.8 Å². The van der Waals surface area contributed by atoms with Crippen LogP contribution in [0.5, 0.6) is 0 Å². The topological polar surface area (TPSA) is 193 Å². The first-order valence-corrected chi connectivity index (χ1v) is 19.7. The molecule has 0 radical (unpaired) electrons. The predicted octanol–water partition coefficient (Wildman–Crippen LogP) is 5.34. The van der Waals surface area contributed by atoms with Gasteiger partial charge in [-0.25, -0.2) is 26.0 Å². The summed E-state index contributed by atoms with van der Waals surface area (Å²) < 4.78 is 66.4. The highest BCUT2D eigenvalue weighted by Gasteiger charge is 2.13. The molecule has 3 aromatic heterocycles. The number of pyridine rings is 3. The third kappa shape index (κ3) is 10.9. The fourth-order valence-corrected chi connectivity index (χ4v) is 6.30. The summed E-state index contributed by atoms with van der Waals surface area (Å²) in [6.45, 7) is 3.64. The average molecular weight is 792 g/mol. The van der Waals surface area contributed by atoms with Crippen molar-refractivity contribution in [3.05, 3.63) is 162 Å². The van der Waals surface area contributed by atoms with Crippen molar-refractivity contribution in [3.8, 4) is 0 Å². The Morgan fingerprint density at radius 1 is 0.571 bits per heavy atom. The molecule has 7 aromatic rings. The molecule has 0 spiro atoms. The summed E-state index contributed by atoms with van der Waals surface area (Å²) in [4.78, 5) is 29.2. The lowest BCUT2D eigenvalue weighted by molar-refractivity contribution is -0.645. The molecule has 0 aliphatic carbocycles. The standard InChI is InChI=1S/C27H21N5O2.2C7H8O3S/c1-31-13-3-5-18-15-21(8-11-24(18)31)29-26(33)20-7-10-23(28-17-20)27(34)30-22-9-12-25-19(16-22)6-4-14-32(25)2;2*1-6-2-4-7(5-3-6)11(8,9)10/h3-17H,1-2H3;2*2-5H,1H3,(H,8,9,10). The number of rotatable bonds is 6. The van der Waals surface area contributed by atoms with Crippen molar-refractivity contribution in [2.45, 2.75) is 23.6 Å². The van der Waals surface area contributed by atoms with E-state index in [1.807, 2.05) is 110 Å². The largest absolute Gasteiger partial charge is 0.744 e. The number of amides is 2. The summed E-state index contributed by atoms with van der Waals surface area (Å²) >= 11 is 0. The number of hydrogen-bond acceptors (Lipinski definition) is 9. The molecule has 0 unspecified atom stereocenters. The van der Waals surface area contributed by atoms with Gasteiger partial charge in [0.1, 0.15) is 40.0 Å². The summed E-state index contributed by atoms with van der Waals surface area (Å²) in [6.07, 6.45) is 5.36. The Morgan fingerprint density at radius 3 is 1.39 bits per heavy atom. The molecule has 13 nitrogen and oxygen atoms in total. The zero-order chi connectivity index (χ0) is 40.6. The van der Waals surface area contributed by atoms with Crippen LogP contribution >= 0.6 is 0 Å². The summed E-state index contributed by atoms with van der Waals surface area (Å²) in [5.74, 6) is -0.629. The molecule has 2 amide bonds. The minimum atomic E-state index is -4.27. The molecule has 0 bridgehead atoms. The van der Waals surface area contributed by atoms with Gasteiger partial charge >= 0.3 is 0 Å². The maximum atomic E-state index is 12.7. The highest BCUT2D eigenvalue weighted by molar-refractivity contribution is 7.86. The summed E-state index contributed by atoms with van der Waals surface area (Å²) in [5, 5.41) is 7.80. The highest BCUT2D eigenvalue weighted by Crippen LogP contribution is 2.19. The van der Waals surface area contributed by atoms with E-state index in [0.717, 1.165) is 32.9 Å². The number of carbonyl (C=O) groups excluding carboxylic acids is 2. The third-order valence-electron chi connectivity index (χ3n) is 8.38. The van der Waals surface area contributed by atoms with Crippen LogP contribution in [0.15, 0.2) is 150 Å². The van der Waals surface area contributed by atoms with Crippen LogP contribution < -0.4 is 19.8 Å². The van der Waals surface area contributed by atoms with Gasteiger partial charge in [0.15, 0.2) is 12.4 Å². The summed E-state index contributed by atoms with van der Waals surface area (Å²) in [6, 6.07) is 34.1. The van der Waals surface area contributed by atoms with Crippen molar-refractivity contribution in [1.82, 2.24) is 4.98 Å². The second-order valence-corrected chi connectivity index (χ2v) is 15.4. The van der Waals surface area contributed by atoms with Gasteiger partial charge in [-0.05, 0) is 86.6 Å². The zero-order valence-electron chi connectivity index (χ0n) is 30.7. The van der Waals surface area contributed by atoms with E-state index in [4.69, 9.17) is 0 Å². The van der Waals surface area contributed by atoms with Gasteiger partial charge in [-0.2, -0.15) is 0 Å². The summed E-state index contributed by atoms with van der Waals surface area (Å²) in [7, 11) is -4.59. The SMILES string of the molecule is C[n+]1cccc2cc(NC(=O)c3ccc(C(=O)Nc4ccc5c(ccc[n+]5C)c4)nc3)ccc21.Cc1ccc(S(=O)(=O)[O-])cc1.Cc1ccc(S(=O)(=O)[O-])cc1. The number of anilines is 2. The molecule has 7 rings (SSSR count). The fraction of sp³-hybridized carbons (Fsp3) is 0.0976. The minimum absolute atomic E-state index is 0.178. The van der Waals surface area contributed by atoms with Gasteiger partial charge in [0, 0.05) is 52.6 Å². The van der Waals surface area contributed by atoms with E-state index in [-0.39, 0.29) is 27.3 Å². The number of carbonyl (C=O) groups is 2. The van der Waals surface area contributed by atoms with E-state index >= 15 is 0 Å². The smallest absolute Gasteiger partial charge is 0.274 e. The molecule has 0 atom stereocenters. The number of benzene rings is 4. The lowest BCUT2D eigenvalue weighted by Crippen LogP contribution is -2.27. The first-order valence-electron chi connectivity index (χ1n) is 16.9. The number of fused-ring (bicyclic) bond motifs is 2. The second kappa shape index (κ2) is 17.4. The maximum Gasteiger partial charge on any atom is 0.274 e. The third-order valence-corrected chi connectivity index (χ3v) is 10.1. The van der Waals surface area contributed by atoms with Gasteiger partial charge in [0.2, 0.25) is 11.0 Å². The molecule has 56 heavy (non-hydrogen) atoms. The van der Waals surface area contributed by atoms with Crippen molar-refractivity contribution < 1.29 is 44.7 Å². The molecule has 0 fully saturated rings. The monoisotopic (exact) mass is 791 g/mol. The van der Waals surface area contributed by atoms with Crippen LogP contribution in [-0.2, 0) is 34.3 Å². The molecule has 2 N–H and O–H groups in total. The van der Waals surface area contributed by atoms with Gasteiger partial charge in [0.05, 0.1) is 15.4 Å². The normalized spacial score (nSPS) is 11.1. The Bertz CT molecular complexity index is 2570. The van der Waals surface area contributed by atoms with Gasteiger partial charge in [0.25, 0.3) is 11.8 Å². The number of aryl methyl sites for hydroxylation is 4. The molecule has 15 heteroatoms. The van der Waals surface area contributed by atoms with Crippen molar-refractivity contribution in [3.63, 3.8) is 0 Å². The van der Waals surface area contributed by atoms with E-state index < -0.39 is 20.2 Å². The molecule has 0 aliphatic rings. The minimum Gasteiger partial charge on any atom is -0.744 e. The predicted molar refractivity (Wildman–Crippen MR) is 209 cm³/mol. The average Bonchev–Trinajstić information content (AvgIpc) is 3.15. The van der Waals surface area contributed by atoms with Crippen molar-refractivity contribution in [1.29, 1.82) is 0 Å². The van der Waals surface area contributed by atoms with Crippen LogP contribution in [0.3, 0.4) is 0 Å². The fourth-order valence-electron chi connectivity index (χ4n) is 5.36. The molecular formula is C41H37N5O8S2. The first-order chi connectivity index (χ1) is 26.5. The van der Waals surface area contributed by atoms with Gasteiger partial charge in [-0.3, -0.25) is 14.6 Å². The second-order valence-electron chi connectivity index (χ2n) is 12.7. The van der Waals surface area contributed by atoms with Crippen LogP contribution in [0.1, 0.15) is 32.0 Å². The van der Waals surface area contributed by atoms with Crippen molar-refractivity contribution in [2.24, 2.45) is 14.1 Å². The lowest BCUT2D eigenvalue weighted by atomic mass is 10.1. The quantitative estimate of drug-likeness (QED) is 0.165. The van der Waals surface area contributed by atoms with E-state index in [1.54, 1.807) is 36.4 Å². The molecule has 3 heterocycles. The molecule has 0 aliphatic heterocycles. The molecule has 0 saturated carbocycles. The van der Waals surface area contributed by atoms with Crippen molar-refractivity contribution >= 4 is 65.2 Å². The Kier molecular flexibility index (Phi) is 12.7. The molecule has 286 valence electrons.